The Kier molecular flexibility index (Phi) is 21.9. The number of benzene rings is 3. The van der Waals surface area contributed by atoms with E-state index >= 15 is 0 Å². The first-order chi connectivity index (χ1) is 29.1. The van der Waals surface area contributed by atoms with Gasteiger partial charge in [-0.15, -0.1) is 0 Å². The summed E-state index contributed by atoms with van der Waals surface area (Å²) in [5.41, 5.74) is 2.24. The Labute approximate surface area is 348 Å². The molecule has 0 fully saturated rings. The molecule has 3 aromatic carbocycles. The molecule has 15 heteroatoms. The summed E-state index contributed by atoms with van der Waals surface area (Å²) in [6.45, 7) is 5.14. The Morgan fingerprint density at radius 1 is 0.433 bits per heavy atom. The normalized spacial score (nSPS) is 11.0. The molecule has 0 aromatic heterocycles. The quantitative estimate of drug-likeness (QED) is 0.0511. The van der Waals surface area contributed by atoms with Gasteiger partial charge in [-0.05, 0) is 92.1 Å². The fraction of sp³-hybridized carbons (Fsp3) is 0.333. The molecule has 0 saturated heterocycles. The zero-order valence-corrected chi connectivity index (χ0v) is 33.9. The third-order valence-electron chi connectivity index (χ3n) is 7.62. The molecule has 3 aromatic rings. The highest BCUT2D eigenvalue weighted by molar-refractivity contribution is 5.88. The Bertz CT molecular complexity index is 1800. The van der Waals surface area contributed by atoms with Crippen LogP contribution in [0.25, 0.3) is 18.2 Å². The van der Waals surface area contributed by atoms with Gasteiger partial charge in [-0.25, -0.2) is 14.4 Å². The van der Waals surface area contributed by atoms with E-state index < -0.39 is 55.1 Å². The summed E-state index contributed by atoms with van der Waals surface area (Å²) in [6, 6.07) is 20.5. The van der Waals surface area contributed by atoms with Crippen LogP contribution < -0.4 is 14.2 Å². The van der Waals surface area contributed by atoms with Crippen molar-refractivity contribution in [3.05, 3.63) is 108 Å². The van der Waals surface area contributed by atoms with Crippen molar-refractivity contribution in [1.29, 1.82) is 0 Å². The van der Waals surface area contributed by atoms with Crippen molar-refractivity contribution in [2.24, 2.45) is 0 Å². The SMILES string of the molecule is CCOC(=O)/C=C/c1ccc(OCCC(=O)OCC(COC(=O)CCOc2ccc(/C=C/C(=O)OCC)cc2)OC(=O)CCOc2ccc(/C=C/C(=O)OCC)cc2)cc1. The summed E-state index contributed by atoms with van der Waals surface area (Å²) < 4.78 is 47.7. The minimum Gasteiger partial charge on any atom is -0.493 e. The Morgan fingerprint density at radius 3 is 1.03 bits per heavy atom. The Hall–Kier alpha value is -6.90. The van der Waals surface area contributed by atoms with Gasteiger partial charge < -0.3 is 42.6 Å². The number of carbonyl (C=O) groups excluding carboxylic acids is 6. The fourth-order valence-corrected chi connectivity index (χ4v) is 4.72. The van der Waals surface area contributed by atoms with Crippen LogP contribution >= 0.6 is 0 Å². The molecule has 0 spiro atoms. The lowest BCUT2D eigenvalue weighted by molar-refractivity contribution is -0.167. The van der Waals surface area contributed by atoms with Gasteiger partial charge in [0.15, 0.2) is 6.10 Å². The second-order valence-corrected chi connectivity index (χ2v) is 12.2. The molecular weight excluding hydrogens is 780 g/mol. The van der Waals surface area contributed by atoms with E-state index in [2.05, 4.69) is 0 Å². The third-order valence-corrected chi connectivity index (χ3v) is 7.62. The van der Waals surface area contributed by atoms with Crippen molar-refractivity contribution in [3.8, 4) is 17.2 Å². The summed E-state index contributed by atoms with van der Waals surface area (Å²) in [5.74, 6) is -1.87. The molecule has 60 heavy (non-hydrogen) atoms. The number of hydrogen-bond acceptors (Lipinski definition) is 15. The van der Waals surface area contributed by atoms with Crippen LogP contribution in [0.5, 0.6) is 17.2 Å². The molecule has 0 unspecified atom stereocenters. The van der Waals surface area contributed by atoms with E-state index in [4.69, 9.17) is 42.6 Å². The van der Waals surface area contributed by atoms with Crippen LogP contribution in [-0.2, 0) is 57.2 Å². The molecule has 0 saturated carbocycles. The molecule has 0 aliphatic rings. The van der Waals surface area contributed by atoms with Gasteiger partial charge in [-0.3, -0.25) is 14.4 Å². The van der Waals surface area contributed by atoms with Gasteiger partial charge in [0.25, 0.3) is 0 Å². The Morgan fingerprint density at radius 2 is 0.733 bits per heavy atom. The van der Waals surface area contributed by atoms with Gasteiger partial charge in [-0.2, -0.15) is 0 Å². The molecule has 0 N–H and O–H groups in total. The second kappa shape index (κ2) is 27.7. The topological polar surface area (TPSA) is 185 Å². The number of hydrogen-bond donors (Lipinski definition) is 0. The summed E-state index contributed by atoms with van der Waals surface area (Å²) >= 11 is 0. The maximum absolute atomic E-state index is 12.8. The highest BCUT2D eigenvalue weighted by Gasteiger charge is 2.20. The highest BCUT2D eigenvalue weighted by Crippen LogP contribution is 2.16. The molecule has 0 heterocycles. The summed E-state index contributed by atoms with van der Waals surface area (Å²) in [7, 11) is 0. The molecule has 0 atom stereocenters. The van der Waals surface area contributed by atoms with Gasteiger partial charge in [0, 0.05) is 18.2 Å². The lowest BCUT2D eigenvalue weighted by Gasteiger charge is -2.18. The van der Waals surface area contributed by atoms with Gasteiger partial charge >= 0.3 is 35.8 Å². The van der Waals surface area contributed by atoms with Gasteiger partial charge in [-0.1, -0.05) is 36.4 Å². The molecule has 0 radical (unpaired) electrons. The van der Waals surface area contributed by atoms with E-state index in [0.717, 1.165) is 16.7 Å². The van der Waals surface area contributed by atoms with Crippen molar-refractivity contribution in [3.63, 3.8) is 0 Å². The first-order valence-electron chi connectivity index (χ1n) is 19.3. The number of rotatable bonds is 26. The van der Waals surface area contributed by atoms with Crippen LogP contribution in [0.1, 0.15) is 56.7 Å². The standard InChI is InChI=1S/C45H50O15/c1-4-52-40(46)22-13-33-7-16-36(17-8-33)55-28-25-43(49)58-31-39(60-45(51)27-30-57-38-20-11-35(12-21-38)15-24-42(48)54-6-3)32-59-44(50)26-29-56-37-18-9-34(10-19-37)14-23-41(47)53-5-2/h7-24,39H,4-6,25-32H2,1-3H3/b22-13+,23-14+,24-15+. The van der Waals surface area contributed by atoms with Crippen LogP contribution in [0.4, 0.5) is 0 Å². The van der Waals surface area contributed by atoms with Crippen molar-refractivity contribution >= 4 is 54.0 Å². The molecular formula is C45H50O15. The molecule has 15 nitrogen and oxygen atoms in total. The number of carbonyl (C=O) groups is 6. The summed E-state index contributed by atoms with van der Waals surface area (Å²) in [5, 5.41) is 0. The fourth-order valence-electron chi connectivity index (χ4n) is 4.72. The molecule has 0 bridgehead atoms. The average molecular weight is 831 g/mol. The molecule has 0 amide bonds. The highest BCUT2D eigenvalue weighted by atomic mass is 16.6. The van der Waals surface area contributed by atoms with Crippen LogP contribution in [0.15, 0.2) is 91.0 Å². The number of esters is 6. The summed E-state index contributed by atoms with van der Waals surface area (Å²) in [6.07, 6.45) is 7.21. The summed E-state index contributed by atoms with van der Waals surface area (Å²) in [4.78, 5) is 72.5. The van der Waals surface area contributed by atoms with E-state index in [0.29, 0.717) is 17.2 Å². The Balaban J connectivity index is 1.48. The van der Waals surface area contributed by atoms with E-state index in [1.807, 2.05) is 0 Å². The lowest BCUT2D eigenvalue weighted by atomic mass is 10.2. The van der Waals surface area contributed by atoms with Crippen LogP contribution in [0, 0.1) is 0 Å². The van der Waals surface area contributed by atoms with E-state index in [1.54, 1.807) is 112 Å². The van der Waals surface area contributed by atoms with E-state index in [9.17, 15) is 28.8 Å². The lowest BCUT2D eigenvalue weighted by Crippen LogP contribution is -2.31. The zero-order chi connectivity index (χ0) is 43.4. The van der Waals surface area contributed by atoms with E-state index in [-0.39, 0.29) is 58.9 Å². The van der Waals surface area contributed by atoms with Gasteiger partial charge in [0.2, 0.25) is 0 Å². The maximum atomic E-state index is 12.8. The largest absolute Gasteiger partial charge is 0.493 e. The minimum absolute atomic E-state index is 0.0106. The second-order valence-electron chi connectivity index (χ2n) is 12.2. The van der Waals surface area contributed by atoms with E-state index in [1.165, 1.54) is 18.2 Å². The van der Waals surface area contributed by atoms with Crippen LogP contribution in [-0.4, -0.2) is 94.8 Å². The monoisotopic (exact) mass is 830 g/mol. The van der Waals surface area contributed by atoms with Crippen LogP contribution in [0.2, 0.25) is 0 Å². The smallest absolute Gasteiger partial charge is 0.330 e. The predicted octanol–water partition coefficient (Wildman–Crippen LogP) is 6.12. The van der Waals surface area contributed by atoms with Gasteiger partial charge in [0.1, 0.15) is 30.5 Å². The zero-order valence-electron chi connectivity index (χ0n) is 33.9. The average Bonchev–Trinajstić information content (AvgIpc) is 3.24. The maximum Gasteiger partial charge on any atom is 0.330 e. The predicted molar refractivity (Wildman–Crippen MR) is 218 cm³/mol. The molecule has 0 aliphatic carbocycles. The molecule has 320 valence electrons. The molecule has 0 aliphatic heterocycles. The minimum atomic E-state index is -1.12. The molecule has 3 rings (SSSR count). The van der Waals surface area contributed by atoms with Crippen molar-refractivity contribution < 1.29 is 71.4 Å². The van der Waals surface area contributed by atoms with Gasteiger partial charge in [0.05, 0.1) is 58.9 Å². The first kappa shape index (κ1) is 47.5. The first-order valence-corrected chi connectivity index (χ1v) is 19.3. The van der Waals surface area contributed by atoms with Crippen molar-refractivity contribution in [1.82, 2.24) is 0 Å². The van der Waals surface area contributed by atoms with Crippen LogP contribution in [0.3, 0.4) is 0 Å². The third kappa shape index (κ3) is 20.5. The van der Waals surface area contributed by atoms with Crippen molar-refractivity contribution in [2.45, 2.75) is 46.1 Å². The number of ether oxygens (including phenoxy) is 9. The van der Waals surface area contributed by atoms with Crippen molar-refractivity contribution in [2.75, 3.05) is 52.9 Å².